The first-order valence-corrected chi connectivity index (χ1v) is 11.0. The fourth-order valence-electron chi connectivity index (χ4n) is 5.68. The van der Waals surface area contributed by atoms with Crippen LogP contribution in [0.4, 0.5) is 0 Å². The standard InChI is InChI=1S/C25H30N2O3/c1-25-10-11-27(15-17-3-4-17)22(13-19-6-7-20(28)14-21(19)25)24(25)26(2)23(29)8-5-18-9-12-30-16-18/h5-9,12,14,16-17,22,24,28H,3-4,10-11,13,15H2,1-2H3/t22?,24-,25-/m1/s1. The number of nitrogens with zero attached hydrogens (tertiary/aromatic N) is 2. The minimum atomic E-state index is -0.176. The number of rotatable bonds is 5. The SMILES string of the molecule is CN(C(=O)C=Cc1ccoc1)[C@@H]1C2Cc3ccc(O)cc3[C@@]1(C)CCN2CC1CC1. The number of amides is 1. The summed E-state index contributed by atoms with van der Waals surface area (Å²) in [7, 11) is 1.94. The maximum absolute atomic E-state index is 13.2. The van der Waals surface area contributed by atoms with Gasteiger partial charge in [0.05, 0.1) is 18.6 Å². The van der Waals surface area contributed by atoms with Crippen LogP contribution in [0.2, 0.25) is 0 Å². The molecule has 158 valence electrons. The Morgan fingerprint density at radius 2 is 2.20 bits per heavy atom. The lowest BCUT2D eigenvalue weighted by atomic mass is 9.61. The smallest absolute Gasteiger partial charge is 0.246 e. The van der Waals surface area contributed by atoms with Crippen molar-refractivity contribution >= 4 is 12.0 Å². The van der Waals surface area contributed by atoms with E-state index in [1.54, 1.807) is 24.7 Å². The Kier molecular flexibility index (Phi) is 4.73. The van der Waals surface area contributed by atoms with Gasteiger partial charge in [0.25, 0.3) is 0 Å². The van der Waals surface area contributed by atoms with Crippen LogP contribution in [0.25, 0.3) is 6.08 Å². The van der Waals surface area contributed by atoms with Crippen LogP contribution in [0, 0.1) is 5.92 Å². The van der Waals surface area contributed by atoms with Crippen molar-refractivity contribution in [2.24, 2.45) is 5.92 Å². The molecule has 5 nitrogen and oxygen atoms in total. The van der Waals surface area contributed by atoms with Gasteiger partial charge in [-0.05, 0) is 73.5 Å². The van der Waals surface area contributed by atoms with Crippen molar-refractivity contribution in [2.45, 2.75) is 50.1 Å². The van der Waals surface area contributed by atoms with Crippen LogP contribution in [-0.2, 0) is 16.6 Å². The van der Waals surface area contributed by atoms with E-state index in [0.717, 1.165) is 37.4 Å². The summed E-state index contributed by atoms with van der Waals surface area (Å²) in [6.45, 7) is 4.47. The summed E-state index contributed by atoms with van der Waals surface area (Å²) < 4.78 is 5.10. The Labute approximate surface area is 178 Å². The maximum Gasteiger partial charge on any atom is 0.246 e. The van der Waals surface area contributed by atoms with Gasteiger partial charge in [-0.3, -0.25) is 9.69 Å². The molecule has 5 heteroatoms. The van der Waals surface area contributed by atoms with Gasteiger partial charge in [0.2, 0.25) is 5.91 Å². The Hall–Kier alpha value is -2.53. The molecule has 2 aromatic rings. The monoisotopic (exact) mass is 406 g/mol. The van der Waals surface area contributed by atoms with Gasteiger partial charge in [0, 0.05) is 36.7 Å². The molecule has 1 aromatic carbocycles. The number of aromatic hydroxyl groups is 1. The first kappa shape index (κ1) is 19.4. The molecule has 2 bridgehead atoms. The van der Waals surface area contributed by atoms with Crippen LogP contribution < -0.4 is 0 Å². The fourth-order valence-corrected chi connectivity index (χ4v) is 5.68. The highest BCUT2D eigenvalue weighted by Gasteiger charge is 2.53. The van der Waals surface area contributed by atoms with Crippen LogP contribution in [0.15, 0.2) is 47.3 Å². The quantitative estimate of drug-likeness (QED) is 0.767. The third kappa shape index (κ3) is 3.35. The minimum Gasteiger partial charge on any atom is -0.508 e. The molecule has 1 unspecified atom stereocenters. The molecule has 2 aliphatic carbocycles. The number of carbonyl (C=O) groups excluding carboxylic acids is 1. The van der Waals surface area contributed by atoms with E-state index in [9.17, 15) is 9.90 Å². The first-order valence-electron chi connectivity index (χ1n) is 11.0. The van der Waals surface area contributed by atoms with Crippen LogP contribution >= 0.6 is 0 Å². The number of carbonyl (C=O) groups is 1. The second-order valence-corrected chi connectivity index (χ2v) is 9.50. The molecule has 1 saturated carbocycles. The summed E-state index contributed by atoms with van der Waals surface area (Å²) in [5, 5.41) is 10.2. The number of likely N-dealkylation sites (tertiary alicyclic amines) is 1. The van der Waals surface area contributed by atoms with Gasteiger partial charge in [-0.2, -0.15) is 0 Å². The molecule has 1 aromatic heterocycles. The number of likely N-dealkylation sites (N-methyl/N-ethyl adjacent to an activating group) is 1. The molecule has 1 amide bonds. The number of hydrogen-bond donors (Lipinski definition) is 1. The fraction of sp³-hybridized carbons (Fsp3) is 0.480. The molecule has 2 heterocycles. The van der Waals surface area contributed by atoms with E-state index in [1.807, 2.05) is 30.2 Å². The average molecular weight is 407 g/mol. The minimum absolute atomic E-state index is 0.00861. The molecule has 1 aliphatic heterocycles. The van der Waals surface area contributed by atoms with Gasteiger partial charge in [0.15, 0.2) is 0 Å². The van der Waals surface area contributed by atoms with Crippen molar-refractivity contribution in [2.75, 3.05) is 20.1 Å². The van der Waals surface area contributed by atoms with E-state index in [-0.39, 0.29) is 17.4 Å². The molecule has 2 fully saturated rings. The summed E-state index contributed by atoms with van der Waals surface area (Å²) >= 11 is 0. The van der Waals surface area contributed by atoms with Crippen molar-refractivity contribution in [3.05, 3.63) is 59.6 Å². The second-order valence-electron chi connectivity index (χ2n) is 9.50. The van der Waals surface area contributed by atoms with E-state index >= 15 is 0 Å². The van der Waals surface area contributed by atoms with E-state index in [2.05, 4.69) is 17.9 Å². The summed E-state index contributed by atoms with van der Waals surface area (Å²) in [4.78, 5) is 17.7. The number of piperidine rings is 1. The lowest BCUT2D eigenvalue weighted by Crippen LogP contribution is -2.68. The first-order chi connectivity index (χ1) is 14.5. The number of fused-ring (bicyclic) bond motifs is 4. The lowest BCUT2D eigenvalue weighted by Gasteiger charge is -2.58. The van der Waals surface area contributed by atoms with E-state index < -0.39 is 0 Å². The molecule has 0 spiro atoms. The summed E-state index contributed by atoms with van der Waals surface area (Å²) in [5.41, 5.74) is 3.22. The number of phenols is 1. The van der Waals surface area contributed by atoms with E-state index in [1.165, 1.54) is 24.0 Å². The molecule has 3 atom stereocenters. The maximum atomic E-state index is 13.2. The van der Waals surface area contributed by atoms with Crippen molar-refractivity contribution < 1.29 is 14.3 Å². The largest absolute Gasteiger partial charge is 0.508 e. The highest BCUT2D eigenvalue weighted by molar-refractivity contribution is 5.92. The number of furan rings is 1. The Morgan fingerprint density at radius 3 is 2.93 bits per heavy atom. The zero-order valence-corrected chi connectivity index (χ0v) is 17.8. The molecule has 30 heavy (non-hydrogen) atoms. The van der Waals surface area contributed by atoms with Crippen LogP contribution in [-0.4, -0.2) is 53.0 Å². The van der Waals surface area contributed by atoms with Crippen LogP contribution in [0.5, 0.6) is 5.75 Å². The summed E-state index contributed by atoms with van der Waals surface area (Å²) in [6.07, 6.45) is 11.3. The normalized spacial score (nSPS) is 28.5. The van der Waals surface area contributed by atoms with Crippen LogP contribution in [0.1, 0.15) is 42.9 Å². The van der Waals surface area contributed by atoms with Gasteiger partial charge in [-0.1, -0.05) is 13.0 Å². The van der Waals surface area contributed by atoms with E-state index in [0.29, 0.717) is 11.8 Å². The Balaban J connectivity index is 1.49. The molecule has 5 rings (SSSR count). The zero-order valence-electron chi connectivity index (χ0n) is 17.8. The highest BCUT2D eigenvalue weighted by atomic mass is 16.3. The predicted octanol–water partition coefficient (Wildman–Crippen LogP) is 3.82. The third-order valence-electron chi connectivity index (χ3n) is 7.46. The summed E-state index contributed by atoms with van der Waals surface area (Å²) in [5.74, 6) is 1.13. The number of phenolic OH excluding ortho intramolecular Hbond substituents is 1. The van der Waals surface area contributed by atoms with Crippen molar-refractivity contribution in [3.8, 4) is 5.75 Å². The van der Waals surface area contributed by atoms with Crippen LogP contribution in [0.3, 0.4) is 0 Å². The summed E-state index contributed by atoms with van der Waals surface area (Å²) in [6, 6.07) is 8.02. The third-order valence-corrected chi connectivity index (χ3v) is 7.46. The molecule has 0 radical (unpaired) electrons. The molecular weight excluding hydrogens is 376 g/mol. The van der Waals surface area contributed by atoms with Crippen molar-refractivity contribution in [1.29, 1.82) is 0 Å². The second kappa shape index (κ2) is 7.31. The Bertz CT molecular complexity index is 963. The average Bonchev–Trinajstić information content (AvgIpc) is 3.39. The van der Waals surface area contributed by atoms with Gasteiger partial charge < -0.3 is 14.4 Å². The van der Waals surface area contributed by atoms with Gasteiger partial charge in [0.1, 0.15) is 5.75 Å². The van der Waals surface area contributed by atoms with Gasteiger partial charge >= 0.3 is 0 Å². The number of hydrogen-bond acceptors (Lipinski definition) is 4. The highest BCUT2D eigenvalue weighted by Crippen LogP contribution is 2.48. The lowest BCUT2D eigenvalue weighted by molar-refractivity contribution is -0.132. The molecule has 1 N–H and O–H groups in total. The molecule has 1 saturated heterocycles. The predicted molar refractivity (Wildman–Crippen MR) is 116 cm³/mol. The van der Waals surface area contributed by atoms with Gasteiger partial charge in [-0.15, -0.1) is 0 Å². The van der Waals surface area contributed by atoms with Gasteiger partial charge in [-0.25, -0.2) is 0 Å². The van der Waals surface area contributed by atoms with E-state index in [4.69, 9.17) is 4.42 Å². The molecular formula is C25H30N2O3. The van der Waals surface area contributed by atoms with Crippen molar-refractivity contribution in [1.82, 2.24) is 9.80 Å². The number of benzene rings is 1. The van der Waals surface area contributed by atoms with Crippen molar-refractivity contribution in [3.63, 3.8) is 0 Å². The molecule has 3 aliphatic rings. The topological polar surface area (TPSA) is 56.9 Å². The Morgan fingerprint density at radius 1 is 1.37 bits per heavy atom. The zero-order chi connectivity index (χ0) is 20.9.